The van der Waals surface area contributed by atoms with Crippen LogP contribution in [-0.4, -0.2) is 51.6 Å². The number of hydrogen-bond acceptors (Lipinski definition) is 5. The summed E-state index contributed by atoms with van der Waals surface area (Å²) in [4.78, 5) is 0. The fourth-order valence-electron chi connectivity index (χ4n) is 1.05. The van der Waals surface area contributed by atoms with Crippen molar-refractivity contribution < 1.29 is 25.2 Å². The predicted molar refractivity (Wildman–Crippen MR) is 34.6 cm³/mol. The molecule has 0 bridgehead atoms. The average molecular weight is 164 g/mol. The molecule has 0 spiro atoms. The molecule has 1 aliphatic rings. The first-order chi connectivity index (χ1) is 5.15. The molecule has 0 aromatic carbocycles. The number of aliphatic hydroxyl groups is 4. The summed E-state index contributed by atoms with van der Waals surface area (Å²) < 4.78 is 4.71. The van der Waals surface area contributed by atoms with Gasteiger partial charge in [-0.1, -0.05) is 0 Å². The highest BCUT2D eigenvalue weighted by atomic mass is 16.6. The molecule has 0 amide bonds. The summed E-state index contributed by atoms with van der Waals surface area (Å²) in [6.07, 6.45) is -4.11. The maximum atomic E-state index is 9.05. The highest BCUT2D eigenvalue weighted by molar-refractivity contribution is 4.79. The van der Waals surface area contributed by atoms with Crippen LogP contribution < -0.4 is 0 Å². The third-order valence-electron chi connectivity index (χ3n) is 1.73. The summed E-state index contributed by atoms with van der Waals surface area (Å²) in [7, 11) is 0. The third kappa shape index (κ3) is 1.88. The molecule has 11 heavy (non-hydrogen) atoms. The monoisotopic (exact) mass is 164 g/mol. The van der Waals surface area contributed by atoms with E-state index in [2.05, 4.69) is 0 Å². The summed E-state index contributed by atoms with van der Waals surface area (Å²) in [5.74, 6) is 0. The zero-order chi connectivity index (χ0) is 8.43. The van der Waals surface area contributed by atoms with E-state index in [9.17, 15) is 0 Å². The van der Waals surface area contributed by atoms with Crippen molar-refractivity contribution in [1.82, 2.24) is 0 Å². The molecule has 4 N–H and O–H groups in total. The van der Waals surface area contributed by atoms with Crippen molar-refractivity contribution in [2.45, 2.75) is 31.0 Å². The third-order valence-corrected chi connectivity index (χ3v) is 1.73. The van der Waals surface area contributed by atoms with Gasteiger partial charge in [0.1, 0.15) is 6.10 Å². The first kappa shape index (κ1) is 8.89. The Hall–Kier alpha value is -0.200. The second kappa shape index (κ2) is 3.46. The number of ether oxygens (including phenoxy) is 1. The van der Waals surface area contributed by atoms with Crippen LogP contribution >= 0.6 is 0 Å². The maximum absolute atomic E-state index is 9.05. The van der Waals surface area contributed by atoms with Gasteiger partial charge in [-0.05, 0) is 0 Å². The first-order valence-corrected chi connectivity index (χ1v) is 3.45. The Labute approximate surface area is 63.8 Å². The predicted octanol–water partition coefficient (Wildman–Crippen LogP) is -2.19. The van der Waals surface area contributed by atoms with Gasteiger partial charge in [-0.3, -0.25) is 0 Å². The second-order valence-electron chi connectivity index (χ2n) is 2.62. The summed E-state index contributed by atoms with van der Waals surface area (Å²) >= 11 is 0. The van der Waals surface area contributed by atoms with Gasteiger partial charge in [-0.25, -0.2) is 0 Å². The first-order valence-electron chi connectivity index (χ1n) is 3.45. The zero-order valence-corrected chi connectivity index (χ0v) is 5.92. The van der Waals surface area contributed by atoms with Crippen LogP contribution in [0.15, 0.2) is 0 Å². The van der Waals surface area contributed by atoms with Gasteiger partial charge in [-0.2, -0.15) is 0 Å². The molecular weight excluding hydrogens is 152 g/mol. The van der Waals surface area contributed by atoms with E-state index >= 15 is 0 Å². The Bertz CT molecular complexity index is 116. The fraction of sp³-hybridized carbons (Fsp3) is 1.00. The minimum Gasteiger partial charge on any atom is -0.394 e. The molecular formula is C6H12O5. The summed E-state index contributed by atoms with van der Waals surface area (Å²) in [6.45, 7) is -0.263. The lowest BCUT2D eigenvalue weighted by Gasteiger charge is -2.33. The summed E-state index contributed by atoms with van der Waals surface area (Å²) in [6, 6.07) is 0. The standard InChI is InChI=1S/C6H12O5/c7-2-3-1-4(8)5(9)6(10)11-3/h3-10H,1-2H2/t3-,4?,5-,6?/m0/s1. The van der Waals surface area contributed by atoms with E-state index in [4.69, 9.17) is 25.2 Å². The van der Waals surface area contributed by atoms with E-state index in [1.165, 1.54) is 0 Å². The molecule has 66 valence electrons. The Morgan fingerprint density at radius 3 is 2.36 bits per heavy atom. The topological polar surface area (TPSA) is 90.2 Å². The number of rotatable bonds is 1. The van der Waals surface area contributed by atoms with E-state index in [1.807, 2.05) is 0 Å². The SMILES string of the molecule is OC[C@@H]1CC(O)[C@H](O)C(O)O1. The van der Waals surface area contributed by atoms with Gasteiger partial charge in [0.05, 0.1) is 18.8 Å². The number of aliphatic hydroxyl groups excluding tert-OH is 4. The van der Waals surface area contributed by atoms with Crippen LogP contribution in [0.5, 0.6) is 0 Å². The van der Waals surface area contributed by atoms with Gasteiger partial charge in [0.2, 0.25) is 0 Å². The van der Waals surface area contributed by atoms with Crippen molar-refractivity contribution in [3.63, 3.8) is 0 Å². The lowest BCUT2D eigenvalue weighted by Crippen LogP contribution is -2.49. The van der Waals surface area contributed by atoms with E-state index in [1.54, 1.807) is 0 Å². The molecule has 2 unspecified atom stereocenters. The molecule has 1 fully saturated rings. The van der Waals surface area contributed by atoms with Gasteiger partial charge >= 0.3 is 0 Å². The lowest BCUT2D eigenvalue weighted by atomic mass is 10.0. The molecule has 0 radical (unpaired) electrons. The van der Waals surface area contributed by atoms with Crippen LogP contribution in [0, 0.1) is 0 Å². The van der Waals surface area contributed by atoms with Crippen LogP contribution in [-0.2, 0) is 4.74 Å². The van der Waals surface area contributed by atoms with Crippen LogP contribution in [0.25, 0.3) is 0 Å². The number of hydrogen-bond donors (Lipinski definition) is 4. The van der Waals surface area contributed by atoms with Crippen molar-refractivity contribution in [1.29, 1.82) is 0 Å². The van der Waals surface area contributed by atoms with Crippen molar-refractivity contribution >= 4 is 0 Å². The highest BCUT2D eigenvalue weighted by Crippen LogP contribution is 2.17. The molecule has 0 aliphatic carbocycles. The molecule has 5 nitrogen and oxygen atoms in total. The Balaban J connectivity index is 2.47. The molecule has 0 saturated carbocycles. The van der Waals surface area contributed by atoms with Crippen LogP contribution in [0.2, 0.25) is 0 Å². The van der Waals surface area contributed by atoms with Crippen LogP contribution in [0.4, 0.5) is 0 Å². The smallest absolute Gasteiger partial charge is 0.183 e. The molecule has 5 heteroatoms. The molecule has 0 aromatic heterocycles. The Morgan fingerprint density at radius 2 is 1.91 bits per heavy atom. The molecule has 1 rings (SSSR count). The Kier molecular flexibility index (Phi) is 2.80. The largest absolute Gasteiger partial charge is 0.394 e. The summed E-state index contributed by atoms with van der Waals surface area (Å²) in [5.41, 5.74) is 0. The highest BCUT2D eigenvalue weighted by Gasteiger charge is 2.34. The van der Waals surface area contributed by atoms with E-state index in [0.29, 0.717) is 0 Å². The maximum Gasteiger partial charge on any atom is 0.183 e. The van der Waals surface area contributed by atoms with Gasteiger partial charge in [-0.15, -0.1) is 0 Å². The fourth-order valence-corrected chi connectivity index (χ4v) is 1.05. The van der Waals surface area contributed by atoms with E-state index in [0.717, 1.165) is 0 Å². The van der Waals surface area contributed by atoms with Gasteiger partial charge in [0, 0.05) is 6.42 Å². The van der Waals surface area contributed by atoms with Crippen molar-refractivity contribution in [3.05, 3.63) is 0 Å². The molecule has 4 atom stereocenters. The van der Waals surface area contributed by atoms with E-state index in [-0.39, 0.29) is 13.0 Å². The molecule has 1 saturated heterocycles. The van der Waals surface area contributed by atoms with Crippen molar-refractivity contribution in [2.75, 3.05) is 6.61 Å². The second-order valence-corrected chi connectivity index (χ2v) is 2.62. The average Bonchev–Trinajstić information content (AvgIpc) is 1.99. The molecule has 0 aromatic rings. The lowest BCUT2D eigenvalue weighted by molar-refractivity contribution is -0.251. The molecule has 1 aliphatic heterocycles. The van der Waals surface area contributed by atoms with Gasteiger partial charge in [0.15, 0.2) is 6.29 Å². The van der Waals surface area contributed by atoms with Crippen LogP contribution in [0.1, 0.15) is 6.42 Å². The minimum absolute atomic E-state index is 0.148. The summed E-state index contributed by atoms with van der Waals surface area (Å²) in [5, 5.41) is 35.5. The normalized spacial score (nSPS) is 45.8. The van der Waals surface area contributed by atoms with E-state index < -0.39 is 24.6 Å². The minimum atomic E-state index is -1.39. The quantitative estimate of drug-likeness (QED) is 0.353. The Morgan fingerprint density at radius 1 is 1.27 bits per heavy atom. The van der Waals surface area contributed by atoms with Gasteiger partial charge in [0.25, 0.3) is 0 Å². The van der Waals surface area contributed by atoms with Crippen LogP contribution in [0.3, 0.4) is 0 Å². The van der Waals surface area contributed by atoms with Crippen molar-refractivity contribution in [2.24, 2.45) is 0 Å². The van der Waals surface area contributed by atoms with Crippen molar-refractivity contribution in [3.8, 4) is 0 Å². The van der Waals surface area contributed by atoms with Gasteiger partial charge < -0.3 is 25.2 Å². The zero-order valence-electron chi connectivity index (χ0n) is 5.92. The molecule has 1 heterocycles.